The van der Waals surface area contributed by atoms with Crippen LogP contribution in [0, 0.1) is 0 Å². The molecule has 0 aliphatic rings. The standard InChI is InChI=1S/C28H57NO3/c1-3-5-6-7-8-9-10-11-12-13-14-15-16-17-18-19-20-21-22-23-28(32)27(4-2)29-24-26(31)25-30/h26-27,29-31H,3-25H2,1-2H3. The van der Waals surface area contributed by atoms with Gasteiger partial charge in [0.2, 0.25) is 0 Å². The molecule has 0 aliphatic carbocycles. The number of Topliss-reactive ketones (excluding diaryl/α,β-unsaturated/α-hetero) is 1. The zero-order valence-electron chi connectivity index (χ0n) is 21.7. The Morgan fingerprint density at radius 2 is 1.03 bits per heavy atom. The molecule has 0 rings (SSSR count). The summed E-state index contributed by atoms with van der Waals surface area (Å²) in [6, 6.07) is -0.188. The Balaban J connectivity index is 3.31. The van der Waals surface area contributed by atoms with Crippen molar-refractivity contribution in [2.45, 2.75) is 161 Å². The summed E-state index contributed by atoms with van der Waals surface area (Å²) in [6.45, 7) is 4.28. The Kier molecular flexibility index (Phi) is 24.8. The first kappa shape index (κ1) is 31.6. The van der Waals surface area contributed by atoms with Gasteiger partial charge in [-0.3, -0.25) is 4.79 Å². The maximum atomic E-state index is 12.3. The van der Waals surface area contributed by atoms with Gasteiger partial charge in [-0.25, -0.2) is 0 Å². The molecule has 0 spiro atoms. The van der Waals surface area contributed by atoms with Crippen LogP contribution in [0.4, 0.5) is 0 Å². The molecule has 0 radical (unpaired) electrons. The molecule has 192 valence electrons. The van der Waals surface area contributed by atoms with Gasteiger partial charge in [0.05, 0.1) is 18.8 Å². The number of ketones is 1. The van der Waals surface area contributed by atoms with Crippen LogP contribution in [0.5, 0.6) is 0 Å². The normalized spacial score (nSPS) is 13.4. The van der Waals surface area contributed by atoms with Crippen molar-refractivity contribution in [1.82, 2.24) is 5.32 Å². The lowest BCUT2D eigenvalue weighted by Crippen LogP contribution is -2.41. The predicted molar refractivity (Wildman–Crippen MR) is 138 cm³/mol. The third-order valence-corrected chi connectivity index (χ3v) is 6.63. The zero-order chi connectivity index (χ0) is 23.7. The molecule has 0 aromatic carbocycles. The Bertz CT molecular complexity index is 389. The second-order valence-electron chi connectivity index (χ2n) is 9.79. The molecule has 0 amide bonds. The van der Waals surface area contributed by atoms with Gasteiger partial charge in [-0.1, -0.05) is 129 Å². The van der Waals surface area contributed by atoms with Crippen molar-refractivity contribution < 1.29 is 15.0 Å². The highest BCUT2D eigenvalue weighted by Gasteiger charge is 2.16. The molecule has 0 saturated heterocycles. The fourth-order valence-corrected chi connectivity index (χ4v) is 4.38. The smallest absolute Gasteiger partial charge is 0.149 e. The predicted octanol–water partition coefficient (Wildman–Crippen LogP) is 7.10. The van der Waals surface area contributed by atoms with E-state index in [2.05, 4.69) is 12.2 Å². The molecule has 0 aromatic heterocycles. The van der Waals surface area contributed by atoms with Gasteiger partial charge in [0.1, 0.15) is 5.78 Å². The highest BCUT2D eigenvalue weighted by atomic mass is 16.3. The molecule has 4 nitrogen and oxygen atoms in total. The van der Waals surface area contributed by atoms with Gasteiger partial charge in [-0.2, -0.15) is 0 Å². The van der Waals surface area contributed by atoms with E-state index in [1.165, 1.54) is 109 Å². The Morgan fingerprint density at radius 1 is 0.656 bits per heavy atom. The van der Waals surface area contributed by atoms with E-state index < -0.39 is 6.10 Å². The van der Waals surface area contributed by atoms with Crippen LogP contribution in [0.15, 0.2) is 0 Å². The minimum Gasteiger partial charge on any atom is -0.394 e. The largest absolute Gasteiger partial charge is 0.394 e. The van der Waals surface area contributed by atoms with E-state index in [4.69, 9.17) is 5.11 Å². The summed E-state index contributed by atoms with van der Waals surface area (Å²) in [7, 11) is 0. The first-order valence-corrected chi connectivity index (χ1v) is 14.2. The molecule has 32 heavy (non-hydrogen) atoms. The van der Waals surface area contributed by atoms with Gasteiger partial charge in [0.15, 0.2) is 0 Å². The second kappa shape index (κ2) is 25.2. The molecular weight excluding hydrogens is 398 g/mol. The van der Waals surface area contributed by atoms with E-state index in [1.807, 2.05) is 6.92 Å². The fourth-order valence-electron chi connectivity index (χ4n) is 4.38. The molecule has 0 fully saturated rings. The van der Waals surface area contributed by atoms with Crippen LogP contribution in [-0.2, 0) is 4.79 Å². The van der Waals surface area contributed by atoms with Crippen molar-refractivity contribution in [3.8, 4) is 0 Å². The second-order valence-corrected chi connectivity index (χ2v) is 9.79. The van der Waals surface area contributed by atoms with Crippen LogP contribution in [0.3, 0.4) is 0 Å². The summed E-state index contributed by atoms with van der Waals surface area (Å²) < 4.78 is 0. The quantitative estimate of drug-likeness (QED) is 0.122. The van der Waals surface area contributed by atoms with Crippen LogP contribution in [-0.4, -0.2) is 41.3 Å². The van der Waals surface area contributed by atoms with E-state index in [1.54, 1.807) is 0 Å². The topological polar surface area (TPSA) is 69.6 Å². The van der Waals surface area contributed by atoms with Crippen LogP contribution < -0.4 is 5.32 Å². The molecule has 0 bridgehead atoms. The van der Waals surface area contributed by atoms with Crippen molar-refractivity contribution in [2.75, 3.05) is 13.2 Å². The van der Waals surface area contributed by atoms with Gasteiger partial charge in [-0.05, 0) is 12.8 Å². The Labute approximate surface area is 200 Å². The Hall–Kier alpha value is -0.450. The average molecular weight is 456 g/mol. The minimum absolute atomic E-state index is 0.188. The van der Waals surface area contributed by atoms with Gasteiger partial charge in [0.25, 0.3) is 0 Å². The number of carbonyl (C=O) groups excluding carboxylic acids is 1. The van der Waals surface area contributed by atoms with Gasteiger partial charge in [0, 0.05) is 13.0 Å². The van der Waals surface area contributed by atoms with Crippen molar-refractivity contribution in [1.29, 1.82) is 0 Å². The third kappa shape index (κ3) is 21.4. The summed E-state index contributed by atoms with van der Waals surface area (Å²) in [4.78, 5) is 12.3. The molecule has 0 saturated carbocycles. The molecule has 3 N–H and O–H groups in total. The molecule has 2 unspecified atom stereocenters. The first-order valence-electron chi connectivity index (χ1n) is 14.2. The van der Waals surface area contributed by atoms with Crippen molar-refractivity contribution in [2.24, 2.45) is 0 Å². The number of carbonyl (C=O) groups is 1. The number of aliphatic hydroxyl groups excluding tert-OH is 2. The maximum Gasteiger partial charge on any atom is 0.149 e. The molecule has 0 aliphatic heterocycles. The average Bonchev–Trinajstić information content (AvgIpc) is 2.80. The van der Waals surface area contributed by atoms with Crippen molar-refractivity contribution in [3.05, 3.63) is 0 Å². The summed E-state index contributed by atoms with van der Waals surface area (Å²) >= 11 is 0. The van der Waals surface area contributed by atoms with Crippen LogP contribution >= 0.6 is 0 Å². The number of rotatable bonds is 26. The van der Waals surface area contributed by atoms with E-state index >= 15 is 0 Å². The number of nitrogens with one attached hydrogen (secondary N) is 1. The lowest BCUT2D eigenvalue weighted by molar-refractivity contribution is -0.121. The molecule has 2 atom stereocenters. The van der Waals surface area contributed by atoms with Crippen LogP contribution in [0.2, 0.25) is 0 Å². The third-order valence-electron chi connectivity index (χ3n) is 6.63. The molecular formula is C28H57NO3. The van der Waals surface area contributed by atoms with Crippen LogP contribution in [0.1, 0.15) is 149 Å². The number of aliphatic hydroxyl groups is 2. The molecule has 0 aromatic rings. The number of hydrogen-bond donors (Lipinski definition) is 3. The SMILES string of the molecule is CCCCCCCCCCCCCCCCCCCCCC(=O)C(CC)NCC(O)CO. The van der Waals surface area contributed by atoms with E-state index in [9.17, 15) is 9.90 Å². The Morgan fingerprint density at radius 3 is 1.38 bits per heavy atom. The fraction of sp³-hybridized carbons (Fsp3) is 0.964. The summed E-state index contributed by atoms with van der Waals surface area (Å²) in [6.07, 6.45) is 26.4. The lowest BCUT2D eigenvalue weighted by atomic mass is 10.0. The van der Waals surface area contributed by atoms with Crippen LogP contribution in [0.25, 0.3) is 0 Å². The van der Waals surface area contributed by atoms with Gasteiger partial charge < -0.3 is 15.5 Å². The van der Waals surface area contributed by atoms with Gasteiger partial charge >= 0.3 is 0 Å². The minimum atomic E-state index is -0.785. The summed E-state index contributed by atoms with van der Waals surface area (Å²) in [5, 5.41) is 21.3. The number of hydrogen-bond acceptors (Lipinski definition) is 4. The zero-order valence-corrected chi connectivity index (χ0v) is 21.7. The summed E-state index contributed by atoms with van der Waals surface area (Å²) in [5.74, 6) is 0.240. The van der Waals surface area contributed by atoms with Crippen molar-refractivity contribution >= 4 is 5.78 Å². The molecule has 4 heteroatoms. The van der Waals surface area contributed by atoms with E-state index in [0.29, 0.717) is 6.42 Å². The first-order chi connectivity index (χ1) is 15.7. The van der Waals surface area contributed by atoms with Crippen molar-refractivity contribution in [3.63, 3.8) is 0 Å². The van der Waals surface area contributed by atoms with Gasteiger partial charge in [-0.15, -0.1) is 0 Å². The number of unbranched alkanes of at least 4 members (excludes halogenated alkanes) is 18. The maximum absolute atomic E-state index is 12.3. The monoisotopic (exact) mass is 455 g/mol. The highest BCUT2D eigenvalue weighted by molar-refractivity contribution is 5.83. The lowest BCUT2D eigenvalue weighted by Gasteiger charge is -2.17. The van der Waals surface area contributed by atoms with E-state index in [0.717, 1.165) is 19.3 Å². The molecule has 0 heterocycles. The summed E-state index contributed by atoms with van der Waals surface area (Å²) in [5.41, 5.74) is 0. The highest BCUT2D eigenvalue weighted by Crippen LogP contribution is 2.15. The van der Waals surface area contributed by atoms with E-state index in [-0.39, 0.29) is 25.0 Å².